The molecule has 0 aromatic heterocycles. The van der Waals surface area contributed by atoms with E-state index in [4.69, 9.17) is 5.26 Å². The molecule has 0 radical (unpaired) electrons. The zero-order valence-corrected chi connectivity index (χ0v) is 11.4. The first-order valence-electron chi connectivity index (χ1n) is 6.25. The van der Waals surface area contributed by atoms with Gasteiger partial charge in [0.2, 0.25) is 0 Å². The third-order valence-electron chi connectivity index (χ3n) is 2.97. The minimum atomic E-state index is -0.707. The van der Waals surface area contributed by atoms with Gasteiger partial charge in [0.25, 0.3) is 0 Å². The van der Waals surface area contributed by atoms with E-state index in [1.807, 2.05) is 6.07 Å². The number of rotatable bonds is 4. The summed E-state index contributed by atoms with van der Waals surface area (Å²) in [5.74, 6) is -1.34. The van der Waals surface area contributed by atoms with Gasteiger partial charge in [-0.05, 0) is 29.8 Å². The van der Waals surface area contributed by atoms with Crippen LogP contribution < -0.4 is 5.32 Å². The lowest BCUT2D eigenvalue weighted by Gasteiger charge is -2.09. The number of benzene rings is 2. The first-order chi connectivity index (χ1) is 10.2. The predicted molar refractivity (Wildman–Crippen MR) is 76.2 cm³/mol. The summed E-state index contributed by atoms with van der Waals surface area (Å²) in [5.41, 5.74) is 1.76. The number of halogens is 1. The molecule has 4 nitrogen and oxygen atoms in total. The predicted octanol–water partition coefficient (Wildman–Crippen LogP) is 3.10. The molecule has 0 aliphatic carbocycles. The van der Waals surface area contributed by atoms with Gasteiger partial charge in [0.15, 0.2) is 0 Å². The van der Waals surface area contributed by atoms with E-state index in [-0.39, 0.29) is 5.56 Å². The number of nitriles is 1. The summed E-state index contributed by atoms with van der Waals surface area (Å²) < 4.78 is 18.3. The van der Waals surface area contributed by atoms with E-state index in [1.54, 1.807) is 24.3 Å². The lowest BCUT2D eigenvalue weighted by molar-refractivity contribution is 0.0595. The van der Waals surface area contributed by atoms with Crippen molar-refractivity contribution in [3.8, 4) is 6.07 Å². The van der Waals surface area contributed by atoms with E-state index in [0.29, 0.717) is 23.4 Å². The van der Waals surface area contributed by atoms with Crippen LogP contribution in [0.15, 0.2) is 42.5 Å². The van der Waals surface area contributed by atoms with Gasteiger partial charge >= 0.3 is 5.97 Å². The Labute approximate surface area is 121 Å². The van der Waals surface area contributed by atoms with Crippen LogP contribution in [0, 0.1) is 17.1 Å². The molecule has 0 amide bonds. The second-order valence-corrected chi connectivity index (χ2v) is 4.32. The van der Waals surface area contributed by atoms with Crippen molar-refractivity contribution in [2.75, 3.05) is 12.4 Å². The molecule has 0 aliphatic heterocycles. The van der Waals surface area contributed by atoms with Crippen molar-refractivity contribution in [1.29, 1.82) is 5.26 Å². The third-order valence-corrected chi connectivity index (χ3v) is 2.97. The molecule has 0 atom stereocenters. The number of nitrogens with one attached hydrogen (secondary N) is 1. The zero-order valence-electron chi connectivity index (χ0n) is 11.4. The van der Waals surface area contributed by atoms with E-state index >= 15 is 0 Å². The maximum Gasteiger partial charge on any atom is 0.340 e. The van der Waals surface area contributed by atoms with Gasteiger partial charge in [-0.1, -0.05) is 18.2 Å². The van der Waals surface area contributed by atoms with Crippen LogP contribution in [-0.4, -0.2) is 13.1 Å². The zero-order chi connectivity index (χ0) is 15.2. The topological polar surface area (TPSA) is 62.1 Å². The quantitative estimate of drug-likeness (QED) is 0.876. The molecule has 5 heteroatoms. The molecule has 2 rings (SSSR count). The number of anilines is 1. The maximum absolute atomic E-state index is 13.8. The van der Waals surface area contributed by atoms with Gasteiger partial charge in [-0.15, -0.1) is 0 Å². The minimum Gasteiger partial charge on any atom is -0.465 e. The molecule has 0 heterocycles. The second-order valence-electron chi connectivity index (χ2n) is 4.32. The van der Waals surface area contributed by atoms with Crippen molar-refractivity contribution in [1.82, 2.24) is 0 Å². The SMILES string of the molecule is COC(=O)c1ccc(CNc2ccccc2C#N)cc1F. The average molecular weight is 284 g/mol. The Morgan fingerprint density at radius 3 is 2.76 bits per heavy atom. The molecule has 0 aliphatic rings. The Morgan fingerprint density at radius 1 is 1.33 bits per heavy atom. The molecule has 1 N–H and O–H groups in total. The molecule has 21 heavy (non-hydrogen) atoms. The lowest BCUT2D eigenvalue weighted by atomic mass is 10.1. The van der Waals surface area contributed by atoms with Gasteiger partial charge in [0, 0.05) is 6.54 Å². The first-order valence-corrected chi connectivity index (χ1v) is 6.25. The number of para-hydroxylation sites is 1. The van der Waals surface area contributed by atoms with Crippen LogP contribution in [0.4, 0.5) is 10.1 Å². The van der Waals surface area contributed by atoms with Crippen LogP contribution in [0.2, 0.25) is 0 Å². The standard InChI is InChI=1S/C16H13FN2O2/c1-21-16(20)13-7-6-11(8-14(13)17)10-19-15-5-3-2-4-12(15)9-18/h2-8,19H,10H2,1H3. The fourth-order valence-electron chi connectivity index (χ4n) is 1.88. The van der Waals surface area contributed by atoms with E-state index in [2.05, 4.69) is 16.1 Å². The lowest BCUT2D eigenvalue weighted by Crippen LogP contribution is -2.06. The number of hydrogen-bond acceptors (Lipinski definition) is 4. The van der Waals surface area contributed by atoms with Crippen molar-refractivity contribution >= 4 is 11.7 Å². The fourth-order valence-corrected chi connectivity index (χ4v) is 1.88. The maximum atomic E-state index is 13.8. The highest BCUT2D eigenvalue weighted by Gasteiger charge is 2.12. The summed E-state index contributed by atoms with van der Waals surface area (Å²) in [6.07, 6.45) is 0. The van der Waals surface area contributed by atoms with Crippen molar-refractivity contribution in [3.05, 3.63) is 65.0 Å². The Bertz CT molecular complexity index is 708. The van der Waals surface area contributed by atoms with Crippen LogP contribution in [0.3, 0.4) is 0 Å². The Morgan fingerprint density at radius 2 is 2.10 bits per heavy atom. The number of carbonyl (C=O) groups is 1. The van der Waals surface area contributed by atoms with Crippen molar-refractivity contribution in [2.45, 2.75) is 6.54 Å². The summed E-state index contributed by atoms with van der Waals surface area (Å²) >= 11 is 0. The molecule has 2 aromatic rings. The monoisotopic (exact) mass is 284 g/mol. The summed E-state index contributed by atoms with van der Waals surface area (Å²) in [5, 5.41) is 12.0. The largest absolute Gasteiger partial charge is 0.465 e. The van der Waals surface area contributed by atoms with Crippen LogP contribution in [0.1, 0.15) is 21.5 Å². The molecule has 0 saturated heterocycles. The molecule has 106 valence electrons. The van der Waals surface area contributed by atoms with Crippen LogP contribution in [0.5, 0.6) is 0 Å². The smallest absolute Gasteiger partial charge is 0.340 e. The van der Waals surface area contributed by atoms with Gasteiger partial charge in [-0.25, -0.2) is 9.18 Å². The summed E-state index contributed by atoms with van der Waals surface area (Å²) in [6.45, 7) is 0.344. The Balaban J connectivity index is 2.13. The molecule has 0 bridgehead atoms. The van der Waals surface area contributed by atoms with Gasteiger partial charge < -0.3 is 10.1 Å². The van der Waals surface area contributed by atoms with E-state index in [9.17, 15) is 9.18 Å². The number of esters is 1. The highest BCUT2D eigenvalue weighted by Crippen LogP contribution is 2.16. The van der Waals surface area contributed by atoms with Gasteiger partial charge in [-0.3, -0.25) is 0 Å². The summed E-state index contributed by atoms with van der Waals surface area (Å²) in [7, 11) is 1.20. The van der Waals surface area contributed by atoms with Crippen molar-refractivity contribution in [3.63, 3.8) is 0 Å². The molecular weight excluding hydrogens is 271 g/mol. The molecule has 0 unspecified atom stereocenters. The Hall–Kier alpha value is -2.87. The summed E-state index contributed by atoms with van der Waals surface area (Å²) in [6, 6.07) is 13.4. The van der Waals surface area contributed by atoms with Crippen LogP contribution >= 0.6 is 0 Å². The van der Waals surface area contributed by atoms with E-state index < -0.39 is 11.8 Å². The number of nitrogens with zero attached hydrogens (tertiary/aromatic N) is 1. The average Bonchev–Trinajstić information content (AvgIpc) is 2.52. The fraction of sp³-hybridized carbons (Fsp3) is 0.125. The summed E-state index contributed by atoms with van der Waals surface area (Å²) in [4.78, 5) is 11.3. The molecule has 0 fully saturated rings. The van der Waals surface area contributed by atoms with E-state index in [1.165, 1.54) is 19.2 Å². The van der Waals surface area contributed by atoms with E-state index in [0.717, 1.165) is 0 Å². The number of methoxy groups -OCH3 is 1. The normalized spacial score (nSPS) is 9.76. The van der Waals surface area contributed by atoms with Crippen molar-refractivity contribution < 1.29 is 13.9 Å². The highest BCUT2D eigenvalue weighted by atomic mass is 19.1. The number of hydrogen-bond donors (Lipinski definition) is 1. The second kappa shape index (κ2) is 6.53. The Kier molecular flexibility index (Phi) is 4.52. The third kappa shape index (κ3) is 3.37. The minimum absolute atomic E-state index is 0.0984. The number of ether oxygens (including phenoxy) is 1. The van der Waals surface area contributed by atoms with Gasteiger partial charge in [-0.2, -0.15) is 5.26 Å². The van der Waals surface area contributed by atoms with Gasteiger partial charge in [0.1, 0.15) is 11.9 Å². The van der Waals surface area contributed by atoms with Crippen LogP contribution in [0.25, 0.3) is 0 Å². The molecule has 2 aromatic carbocycles. The highest BCUT2D eigenvalue weighted by molar-refractivity contribution is 5.89. The molecular formula is C16H13FN2O2. The number of carbonyl (C=O) groups excluding carboxylic acids is 1. The molecule has 0 spiro atoms. The van der Waals surface area contributed by atoms with Crippen LogP contribution in [-0.2, 0) is 11.3 Å². The first kappa shape index (κ1) is 14.5. The van der Waals surface area contributed by atoms with Gasteiger partial charge in [0.05, 0.1) is 23.9 Å². The van der Waals surface area contributed by atoms with Crippen molar-refractivity contribution in [2.24, 2.45) is 0 Å². The molecule has 0 saturated carbocycles.